The molecule has 0 bridgehead atoms. The highest BCUT2D eigenvalue weighted by molar-refractivity contribution is 5.63. The maximum atomic E-state index is 5.44. The third-order valence-electron chi connectivity index (χ3n) is 1.67. The monoisotopic (exact) mass is 148 g/mol. The second-order valence-corrected chi connectivity index (χ2v) is 2.44. The van der Waals surface area contributed by atoms with Crippen LogP contribution >= 0.6 is 0 Å². The molecule has 0 aliphatic heterocycles. The molecule has 0 fully saturated rings. The number of hydrogen-bond acceptors (Lipinski definition) is 2. The van der Waals surface area contributed by atoms with Crippen LogP contribution in [0.2, 0.25) is 0 Å². The van der Waals surface area contributed by atoms with Crippen molar-refractivity contribution in [3.8, 4) is 0 Å². The smallest absolute Gasteiger partial charge is 0.123 e. The summed E-state index contributed by atoms with van der Waals surface area (Å²) in [6.07, 6.45) is 3.83. The van der Waals surface area contributed by atoms with Crippen molar-refractivity contribution in [2.75, 3.05) is 5.73 Å². The van der Waals surface area contributed by atoms with Crippen molar-refractivity contribution in [1.82, 2.24) is 4.98 Å². The number of nitrogen functional groups attached to an aromatic ring is 1. The Balaban J connectivity index is 2.99. The van der Waals surface area contributed by atoms with E-state index in [0.29, 0.717) is 5.82 Å². The van der Waals surface area contributed by atoms with Crippen LogP contribution in [0.5, 0.6) is 0 Å². The summed E-state index contributed by atoms with van der Waals surface area (Å²) in [6, 6.07) is 3.78. The predicted molar refractivity (Wildman–Crippen MR) is 48.0 cm³/mol. The molecule has 11 heavy (non-hydrogen) atoms. The van der Waals surface area contributed by atoms with Gasteiger partial charge in [0.05, 0.1) is 0 Å². The largest absolute Gasteiger partial charge is 0.384 e. The third-order valence-corrected chi connectivity index (χ3v) is 1.67. The van der Waals surface area contributed by atoms with E-state index in [1.807, 2.05) is 32.1 Å². The van der Waals surface area contributed by atoms with Crippen molar-refractivity contribution in [2.45, 2.75) is 13.8 Å². The van der Waals surface area contributed by atoms with Crippen molar-refractivity contribution in [1.29, 1.82) is 0 Å². The van der Waals surface area contributed by atoms with Gasteiger partial charge in [0.1, 0.15) is 5.82 Å². The quantitative estimate of drug-likeness (QED) is 0.662. The first-order valence-electron chi connectivity index (χ1n) is 3.59. The summed E-state index contributed by atoms with van der Waals surface area (Å²) >= 11 is 0. The van der Waals surface area contributed by atoms with Gasteiger partial charge in [-0.15, -0.1) is 0 Å². The summed E-state index contributed by atoms with van der Waals surface area (Å²) in [6.45, 7) is 4.05. The number of nitrogens with two attached hydrogens (primary N) is 1. The van der Waals surface area contributed by atoms with Gasteiger partial charge in [-0.05, 0) is 37.1 Å². The van der Waals surface area contributed by atoms with E-state index in [-0.39, 0.29) is 0 Å². The van der Waals surface area contributed by atoms with Gasteiger partial charge >= 0.3 is 0 Å². The fourth-order valence-electron chi connectivity index (χ4n) is 0.805. The number of rotatable bonds is 1. The van der Waals surface area contributed by atoms with E-state index in [1.54, 1.807) is 6.20 Å². The molecule has 0 spiro atoms. The minimum Gasteiger partial charge on any atom is -0.384 e. The van der Waals surface area contributed by atoms with Crippen molar-refractivity contribution >= 4 is 11.4 Å². The fraction of sp³-hybridized carbons (Fsp3) is 0.222. The van der Waals surface area contributed by atoms with Gasteiger partial charge in [-0.3, -0.25) is 0 Å². The van der Waals surface area contributed by atoms with Crippen LogP contribution in [-0.2, 0) is 0 Å². The van der Waals surface area contributed by atoms with E-state index in [4.69, 9.17) is 5.73 Å². The number of allylic oxidation sites excluding steroid dienone is 2. The lowest BCUT2D eigenvalue weighted by Gasteiger charge is -1.98. The molecule has 2 N–H and O–H groups in total. The minimum atomic E-state index is 0.567. The molecule has 0 saturated carbocycles. The first-order chi connectivity index (χ1) is 5.24. The Kier molecular flexibility index (Phi) is 2.26. The molecule has 2 nitrogen and oxygen atoms in total. The van der Waals surface area contributed by atoms with Crippen LogP contribution in [0, 0.1) is 0 Å². The number of anilines is 1. The second kappa shape index (κ2) is 3.19. The molecule has 1 aromatic heterocycles. The number of hydrogen-bond donors (Lipinski definition) is 1. The van der Waals surface area contributed by atoms with Crippen LogP contribution in [-0.4, -0.2) is 4.98 Å². The van der Waals surface area contributed by atoms with Gasteiger partial charge in [0.15, 0.2) is 0 Å². The van der Waals surface area contributed by atoms with Gasteiger partial charge < -0.3 is 5.73 Å². The van der Waals surface area contributed by atoms with Crippen molar-refractivity contribution in [3.05, 3.63) is 30.0 Å². The Bertz CT molecular complexity index is 259. The Morgan fingerprint density at radius 3 is 2.73 bits per heavy atom. The first kappa shape index (κ1) is 7.79. The zero-order chi connectivity index (χ0) is 8.27. The molecule has 0 amide bonds. The molecule has 0 aliphatic rings. The van der Waals surface area contributed by atoms with E-state index < -0.39 is 0 Å². The molecule has 0 radical (unpaired) electrons. The van der Waals surface area contributed by atoms with Gasteiger partial charge in [0.25, 0.3) is 0 Å². The van der Waals surface area contributed by atoms with E-state index in [2.05, 4.69) is 4.98 Å². The lowest BCUT2D eigenvalue weighted by molar-refractivity contribution is 1.31. The second-order valence-electron chi connectivity index (χ2n) is 2.44. The summed E-state index contributed by atoms with van der Waals surface area (Å²) in [7, 11) is 0. The average molecular weight is 148 g/mol. The molecule has 1 rings (SSSR count). The average Bonchev–Trinajstić information content (AvgIpc) is 2.05. The molecule has 1 aromatic rings. The van der Waals surface area contributed by atoms with Gasteiger partial charge in [0.2, 0.25) is 0 Å². The summed E-state index contributed by atoms with van der Waals surface area (Å²) in [5, 5.41) is 0. The molecule has 2 heteroatoms. The Hall–Kier alpha value is -1.31. The molecular formula is C9H12N2. The summed E-state index contributed by atoms with van der Waals surface area (Å²) in [5.74, 6) is 0.567. The predicted octanol–water partition coefficient (Wildman–Crippen LogP) is 2.09. The third kappa shape index (κ3) is 1.80. The van der Waals surface area contributed by atoms with E-state index in [9.17, 15) is 0 Å². The van der Waals surface area contributed by atoms with Gasteiger partial charge in [-0.1, -0.05) is 6.08 Å². The van der Waals surface area contributed by atoms with Crippen molar-refractivity contribution < 1.29 is 0 Å². The number of aromatic nitrogens is 1. The topological polar surface area (TPSA) is 38.9 Å². The van der Waals surface area contributed by atoms with E-state index >= 15 is 0 Å². The lowest BCUT2D eigenvalue weighted by Crippen LogP contribution is -1.89. The van der Waals surface area contributed by atoms with Crippen molar-refractivity contribution in [3.63, 3.8) is 0 Å². The Morgan fingerprint density at radius 2 is 2.27 bits per heavy atom. The van der Waals surface area contributed by atoms with Crippen LogP contribution in [0.4, 0.5) is 5.82 Å². The van der Waals surface area contributed by atoms with Crippen LogP contribution in [0.3, 0.4) is 0 Å². The normalized spacial score (nSPS) is 11.6. The zero-order valence-corrected chi connectivity index (χ0v) is 6.83. The SMILES string of the molecule is CC=C(C)c1ccc(N)nc1. The van der Waals surface area contributed by atoms with Crippen molar-refractivity contribution in [2.24, 2.45) is 0 Å². The molecule has 58 valence electrons. The Morgan fingerprint density at radius 1 is 1.55 bits per heavy atom. The van der Waals surface area contributed by atoms with Gasteiger partial charge in [-0.2, -0.15) is 0 Å². The molecule has 0 aromatic carbocycles. The van der Waals surface area contributed by atoms with Gasteiger partial charge in [0, 0.05) is 6.20 Å². The number of pyridine rings is 1. The summed E-state index contributed by atoms with van der Waals surface area (Å²) in [4.78, 5) is 3.99. The standard InChI is InChI=1S/C9H12N2/c1-3-7(2)8-4-5-9(10)11-6-8/h3-6H,1-2H3,(H2,10,11). The molecule has 1 heterocycles. The highest BCUT2D eigenvalue weighted by atomic mass is 14.8. The van der Waals surface area contributed by atoms with Crippen LogP contribution in [0.25, 0.3) is 5.57 Å². The highest BCUT2D eigenvalue weighted by Gasteiger charge is 1.92. The summed E-state index contributed by atoms with van der Waals surface area (Å²) < 4.78 is 0. The number of nitrogens with zero attached hydrogens (tertiary/aromatic N) is 1. The van der Waals surface area contributed by atoms with E-state index in [1.165, 1.54) is 5.57 Å². The van der Waals surface area contributed by atoms with Crippen LogP contribution < -0.4 is 5.73 Å². The fourth-order valence-corrected chi connectivity index (χ4v) is 0.805. The summed E-state index contributed by atoms with van der Waals surface area (Å²) in [5.41, 5.74) is 7.78. The minimum absolute atomic E-state index is 0.567. The molecule has 0 aliphatic carbocycles. The lowest BCUT2D eigenvalue weighted by atomic mass is 10.1. The molecular weight excluding hydrogens is 136 g/mol. The Labute approximate surface area is 66.8 Å². The molecule has 0 saturated heterocycles. The maximum Gasteiger partial charge on any atom is 0.123 e. The van der Waals surface area contributed by atoms with Gasteiger partial charge in [-0.25, -0.2) is 4.98 Å². The molecule has 0 unspecified atom stereocenters. The maximum absolute atomic E-state index is 5.44. The first-order valence-corrected chi connectivity index (χ1v) is 3.59. The van der Waals surface area contributed by atoms with Crippen LogP contribution in [0.1, 0.15) is 19.4 Å². The van der Waals surface area contributed by atoms with Crippen LogP contribution in [0.15, 0.2) is 24.4 Å². The zero-order valence-electron chi connectivity index (χ0n) is 6.83. The molecule has 0 atom stereocenters. The highest BCUT2D eigenvalue weighted by Crippen LogP contribution is 2.12. The van der Waals surface area contributed by atoms with E-state index in [0.717, 1.165) is 5.56 Å².